The third-order valence-electron chi connectivity index (χ3n) is 1.46. The smallest absolute Gasteiger partial charge is 0.328 e. The second kappa shape index (κ2) is 4.18. The number of rotatable bonds is 3. The van der Waals surface area contributed by atoms with Crippen LogP contribution in [0, 0.1) is 0 Å². The van der Waals surface area contributed by atoms with Gasteiger partial charge in [-0.1, -0.05) is 6.07 Å². The van der Waals surface area contributed by atoms with Crippen LogP contribution in [0.15, 0.2) is 24.4 Å². The summed E-state index contributed by atoms with van der Waals surface area (Å²) in [5, 5.41) is 8.34. The summed E-state index contributed by atoms with van der Waals surface area (Å²) in [5.74, 6) is -1.65. The molecule has 1 amide bonds. The van der Waals surface area contributed by atoms with Gasteiger partial charge in [-0.15, -0.1) is 0 Å². The molecule has 0 unspecified atom stereocenters. The molecule has 0 aliphatic rings. The molecule has 0 saturated carbocycles. The van der Waals surface area contributed by atoms with Gasteiger partial charge in [0.05, 0.1) is 0 Å². The van der Waals surface area contributed by atoms with Gasteiger partial charge in [-0.25, -0.2) is 4.79 Å². The van der Waals surface area contributed by atoms with Gasteiger partial charge in [0.15, 0.2) is 0 Å². The Kier molecular flexibility index (Phi) is 2.96. The Morgan fingerprint density at radius 2 is 2.14 bits per heavy atom. The zero-order valence-corrected chi connectivity index (χ0v) is 7.18. The summed E-state index contributed by atoms with van der Waals surface area (Å²) in [6.45, 7) is 0. The zero-order valence-electron chi connectivity index (χ0n) is 7.18. The quantitative estimate of drug-likeness (QED) is 0.672. The van der Waals surface area contributed by atoms with E-state index in [4.69, 9.17) is 10.8 Å². The van der Waals surface area contributed by atoms with E-state index < -0.39 is 11.9 Å². The summed E-state index contributed by atoms with van der Waals surface area (Å²) in [6, 6.07) is 3.00. The van der Waals surface area contributed by atoms with Crippen molar-refractivity contribution in [3.8, 4) is 0 Å². The lowest BCUT2D eigenvalue weighted by Gasteiger charge is -1.94. The first-order chi connectivity index (χ1) is 6.59. The van der Waals surface area contributed by atoms with Crippen LogP contribution in [-0.4, -0.2) is 22.0 Å². The van der Waals surface area contributed by atoms with Gasteiger partial charge >= 0.3 is 5.97 Å². The van der Waals surface area contributed by atoms with E-state index >= 15 is 0 Å². The van der Waals surface area contributed by atoms with Crippen molar-refractivity contribution in [2.24, 2.45) is 5.73 Å². The summed E-state index contributed by atoms with van der Waals surface area (Å²) in [4.78, 5) is 24.5. The second-order valence-corrected chi connectivity index (χ2v) is 2.51. The summed E-state index contributed by atoms with van der Waals surface area (Å²) in [6.07, 6.45) is 3.74. The minimum absolute atomic E-state index is 0.150. The van der Waals surface area contributed by atoms with Gasteiger partial charge in [0.25, 0.3) is 5.91 Å². The minimum Gasteiger partial charge on any atom is -0.478 e. The van der Waals surface area contributed by atoms with E-state index in [-0.39, 0.29) is 5.69 Å². The lowest BCUT2D eigenvalue weighted by molar-refractivity contribution is -0.131. The predicted octanol–water partition coefficient (Wildman–Crippen LogP) is 0.278. The fourth-order valence-electron chi connectivity index (χ4n) is 0.817. The van der Waals surface area contributed by atoms with Crippen molar-refractivity contribution in [2.75, 3.05) is 0 Å². The van der Waals surface area contributed by atoms with Crippen LogP contribution in [0.4, 0.5) is 0 Å². The molecule has 5 heteroatoms. The number of hydrogen-bond acceptors (Lipinski definition) is 3. The van der Waals surface area contributed by atoms with Gasteiger partial charge in [-0.2, -0.15) is 0 Å². The Morgan fingerprint density at radius 1 is 1.43 bits per heavy atom. The molecule has 1 aromatic rings. The third-order valence-corrected chi connectivity index (χ3v) is 1.46. The molecule has 72 valence electrons. The van der Waals surface area contributed by atoms with Gasteiger partial charge in [0.2, 0.25) is 0 Å². The molecule has 0 aliphatic heterocycles. The number of carbonyl (C=O) groups excluding carboxylic acids is 1. The molecule has 1 heterocycles. The van der Waals surface area contributed by atoms with Crippen LogP contribution in [0.5, 0.6) is 0 Å². The highest BCUT2D eigenvalue weighted by molar-refractivity contribution is 5.91. The molecule has 14 heavy (non-hydrogen) atoms. The molecular weight excluding hydrogens is 184 g/mol. The average Bonchev–Trinajstić information content (AvgIpc) is 2.15. The van der Waals surface area contributed by atoms with Crippen molar-refractivity contribution in [3.63, 3.8) is 0 Å². The van der Waals surface area contributed by atoms with E-state index in [0.717, 1.165) is 6.08 Å². The maximum absolute atomic E-state index is 10.6. The molecule has 0 fully saturated rings. The number of primary amides is 1. The Labute approximate surface area is 79.9 Å². The van der Waals surface area contributed by atoms with E-state index in [1.165, 1.54) is 18.3 Å². The standard InChI is InChI=1S/C9H8N2O3/c10-9(14)7-3-1-6(5-11-7)2-4-8(12)13/h1-5H,(H2,10,14)(H,12,13). The van der Waals surface area contributed by atoms with Crippen molar-refractivity contribution in [3.05, 3.63) is 35.7 Å². The van der Waals surface area contributed by atoms with Gasteiger partial charge in [-0.05, 0) is 17.7 Å². The van der Waals surface area contributed by atoms with Crippen molar-refractivity contribution in [2.45, 2.75) is 0 Å². The van der Waals surface area contributed by atoms with E-state index in [9.17, 15) is 9.59 Å². The number of aromatic nitrogens is 1. The fraction of sp³-hybridized carbons (Fsp3) is 0. The van der Waals surface area contributed by atoms with Crippen LogP contribution in [0.25, 0.3) is 6.08 Å². The number of aliphatic carboxylic acids is 1. The lowest BCUT2D eigenvalue weighted by atomic mass is 10.2. The van der Waals surface area contributed by atoms with Crippen LogP contribution < -0.4 is 5.73 Å². The van der Waals surface area contributed by atoms with Crippen molar-refractivity contribution < 1.29 is 14.7 Å². The largest absolute Gasteiger partial charge is 0.478 e. The molecule has 0 atom stereocenters. The van der Waals surface area contributed by atoms with Crippen molar-refractivity contribution >= 4 is 18.0 Å². The highest BCUT2D eigenvalue weighted by Gasteiger charge is 1.99. The van der Waals surface area contributed by atoms with E-state index in [1.807, 2.05) is 0 Å². The molecule has 0 spiro atoms. The first kappa shape index (κ1) is 9.91. The molecule has 3 N–H and O–H groups in total. The number of amides is 1. The molecule has 0 aromatic carbocycles. The van der Waals surface area contributed by atoms with Crippen LogP contribution in [0.3, 0.4) is 0 Å². The number of carbonyl (C=O) groups is 2. The minimum atomic E-state index is -1.04. The van der Waals surface area contributed by atoms with E-state index in [2.05, 4.69) is 4.98 Å². The molecular formula is C9H8N2O3. The number of nitrogens with two attached hydrogens (primary N) is 1. The molecule has 0 bridgehead atoms. The SMILES string of the molecule is NC(=O)c1ccc(C=CC(=O)O)cn1. The molecule has 0 saturated heterocycles. The summed E-state index contributed by atoms with van der Waals surface area (Å²) in [7, 11) is 0. The summed E-state index contributed by atoms with van der Waals surface area (Å²) in [5.41, 5.74) is 5.72. The van der Waals surface area contributed by atoms with E-state index in [1.54, 1.807) is 6.07 Å². The number of pyridine rings is 1. The highest BCUT2D eigenvalue weighted by atomic mass is 16.4. The number of hydrogen-bond donors (Lipinski definition) is 2. The highest BCUT2D eigenvalue weighted by Crippen LogP contribution is 2.01. The normalized spacial score (nSPS) is 10.3. The first-order valence-electron chi connectivity index (χ1n) is 3.76. The Morgan fingerprint density at radius 3 is 2.57 bits per heavy atom. The topological polar surface area (TPSA) is 93.3 Å². The number of nitrogens with zero attached hydrogens (tertiary/aromatic N) is 1. The van der Waals surface area contributed by atoms with Gasteiger partial charge in [-0.3, -0.25) is 9.78 Å². The molecule has 1 aromatic heterocycles. The Bertz CT molecular complexity index is 382. The monoisotopic (exact) mass is 192 g/mol. The third kappa shape index (κ3) is 2.71. The molecule has 0 aliphatic carbocycles. The number of carboxylic acids is 1. The predicted molar refractivity (Wildman–Crippen MR) is 49.4 cm³/mol. The van der Waals surface area contributed by atoms with Gasteiger partial charge in [0.1, 0.15) is 5.69 Å². The second-order valence-electron chi connectivity index (χ2n) is 2.51. The van der Waals surface area contributed by atoms with Crippen LogP contribution in [0.1, 0.15) is 16.1 Å². The molecule has 0 radical (unpaired) electrons. The zero-order chi connectivity index (χ0) is 10.6. The Hall–Kier alpha value is -2.17. The maximum Gasteiger partial charge on any atom is 0.328 e. The van der Waals surface area contributed by atoms with Crippen LogP contribution in [0.2, 0.25) is 0 Å². The molecule has 5 nitrogen and oxygen atoms in total. The number of carboxylic acid groups (broad SMARTS) is 1. The molecule has 1 rings (SSSR count). The van der Waals surface area contributed by atoms with Crippen molar-refractivity contribution in [1.29, 1.82) is 0 Å². The van der Waals surface area contributed by atoms with Crippen LogP contribution in [-0.2, 0) is 4.79 Å². The Balaban J connectivity index is 2.83. The van der Waals surface area contributed by atoms with Crippen LogP contribution >= 0.6 is 0 Å². The summed E-state index contributed by atoms with van der Waals surface area (Å²) >= 11 is 0. The fourth-order valence-corrected chi connectivity index (χ4v) is 0.817. The lowest BCUT2D eigenvalue weighted by Crippen LogP contribution is -2.12. The van der Waals surface area contributed by atoms with Crippen molar-refractivity contribution in [1.82, 2.24) is 4.98 Å². The van der Waals surface area contributed by atoms with Gasteiger partial charge < -0.3 is 10.8 Å². The summed E-state index contributed by atoms with van der Waals surface area (Å²) < 4.78 is 0. The average molecular weight is 192 g/mol. The van der Waals surface area contributed by atoms with E-state index in [0.29, 0.717) is 5.56 Å². The maximum atomic E-state index is 10.6. The van der Waals surface area contributed by atoms with Gasteiger partial charge in [0, 0.05) is 12.3 Å². The first-order valence-corrected chi connectivity index (χ1v) is 3.76.